The molecule has 0 spiro atoms. The van der Waals surface area contributed by atoms with Crippen LogP contribution >= 0.6 is 0 Å². The summed E-state index contributed by atoms with van der Waals surface area (Å²) in [5, 5.41) is 16.0. The molecule has 0 saturated carbocycles. The molecule has 2 N–H and O–H groups in total. The number of carbonyl (C=O) groups excluding carboxylic acids is 1. The van der Waals surface area contributed by atoms with Crippen LogP contribution in [0.2, 0.25) is 0 Å². The summed E-state index contributed by atoms with van der Waals surface area (Å²) in [4.78, 5) is 11.3. The molecule has 1 aromatic heterocycles. The molecular weight excluding hydrogens is 208 g/mol. The van der Waals surface area contributed by atoms with E-state index in [1.165, 1.54) is 13.2 Å². The van der Waals surface area contributed by atoms with E-state index in [0.29, 0.717) is 11.1 Å². The van der Waals surface area contributed by atoms with E-state index in [1.807, 2.05) is 0 Å². The third-order valence-corrected chi connectivity index (χ3v) is 2.15. The van der Waals surface area contributed by atoms with Crippen molar-refractivity contribution in [3.05, 3.63) is 36.0 Å². The summed E-state index contributed by atoms with van der Waals surface area (Å²) in [6.45, 7) is 0. The predicted octanol–water partition coefficient (Wildman–Crippen LogP) is 1.57. The summed E-state index contributed by atoms with van der Waals surface area (Å²) in [6, 6.07) is 6.26. The zero-order valence-corrected chi connectivity index (χ0v) is 8.60. The van der Waals surface area contributed by atoms with Crippen LogP contribution in [0.4, 0.5) is 0 Å². The Bertz CT molecular complexity index is 506. The van der Waals surface area contributed by atoms with Gasteiger partial charge in [0.05, 0.1) is 18.4 Å². The van der Waals surface area contributed by atoms with Crippen molar-refractivity contribution in [3.8, 4) is 17.0 Å². The molecular formula is C11H10N2O3. The minimum Gasteiger partial charge on any atom is -0.508 e. The lowest BCUT2D eigenvalue weighted by molar-refractivity contribution is 0.0600. The van der Waals surface area contributed by atoms with Crippen molar-refractivity contribution in [1.82, 2.24) is 10.2 Å². The Morgan fingerprint density at radius 1 is 1.44 bits per heavy atom. The zero-order valence-electron chi connectivity index (χ0n) is 8.60. The van der Waals surface area contributed by atoms with Gasteiger partial charge in [0, 0.05) is 11.8 Å². The molecule has 82 valence electrons. The third kappa shape index (κ3) is 1.88. The molecule has 0 aliphatic carbocycles. The van der Waals surface area contributed by atoms with Crippen LogP contribution in [0.1, 0.15) is 10.4 Å². The van der Waals surface area contributed by atoms with E-state index in [1.54, 1.807) is 24.4 Å². The van der Waals surface area contributed by atoms with Crippen molar-refractivity contribution in [3.63, 3.8) is 0 Å². The van der Waals surface area contributed by atoms with Crippen molar-refractivity contribution in [2.45, 2.75) is 0 Å². The molecule has 0 saturated heterocycles. The molecule has 0 amide bonds. The molecule has 0 aliphatic heterocycles. The third-order valence-electron chi connectivity index (χ3n) is 2.15. The fourth-order valence-electron chi connectivity index (χ4n) is 1.42. The maximum Gasteiger partial charge on any atom is 0.338 e. The second-order valence-electron chi connectivity index (χ2n) is 3.23. The standard InChI is InChI=1S/C11H10N2O3/c1-16-11(15)8-4-7(5-9(14)6-8)10-2-3-12-13-10/h2-6,14H,1H3,(H,12,13). The average Bonchev–Trinajstić information content (AvgIpc) is 2.80. The summed E-state index contributed by atoms with van der Waals surface area (Å²) in [6.07, 6.45) is 1.59. The monoisotopic (exact) mass is 218 g/mol. The fraction of sp³-hybridized carbons (Fsp3) is 0.0909. The van der Waals surface area contributed by atoms with Crippen molar-refractivity contribution in [1.29, 1.82) is 0 Å². The number of hydrogen-bond acceptors (Lipinski definition) is 4. The quantitative estimate of drug-likeness (QED) is 0.750. The first-order chi connectivity index (χ1) is 7.70. The molecule has 16 heavy (non-hydrogen) atoms. The number of aromatic amines is 1. The Balaban J connectivity index is 2.48. The minimum atomic E-state index is -0.489. The van der Waals surface area contributed by atoms with Crippen LogP contribution in [0.5, 0.6) is 5.75 Å². The van der Waals surface area contributed by atoms with Crippen LogP contribution < -0.4 is 0 Å². The number of nitrogens with zero attached hydrogens (tertiary/aromatic N) is 1. The Labute approximate surface area is 91.7 Å². The van der Waals surface area contributed by atoms with Crippen LogP contribution in [0, 0.1) is 0 Å². The highest BCUT2D eigenvalue weighted by molar-refractivity contribution is 5.91. The largest absolute Gasteiger partial charge is 0.508 e. The topological polar surface area (TPSA) is 75.2 Å². The van der Waals surface area contributed by atoms with Gasteiger partial charge in [0.2, 0.25) is 0 Å². The lowest BCUT2D eigenvalue weighted by atomic mass is 10.1. The number of ether oxygens (including phenoxy) is 1. The highest BCUT2D eigenvalue weighted by Crippen LogP contribution is 2.24. The number of carbonyl (C=O) groups is 1. The maximum atomic E-state index is 11.3. The molecule has 0 fully saturated rings. The molecule has 0 bridgehead atoms. The minimum absolute atomic E-state index is 0.00694. The smallest absolute Gasteiger partial charge is 0.338 e. The van der Waals surface area contributed by atoms with Crippen LogP contribution in [0.25, 0.3) is 11.3 Å². The van der Waals surface area contributed by atoms with Crippen LogP contribution in [-0.4, -0.2) is 28.4 Å². The number of esters is 1. The average molecular weight is 218 g/mol. The van der Waals surface area contributed by atoms with Gasteiger partial charge < -0.3 is 9.84 Å². The first kappa shape index (κ1) is 10.2. The van der Waals surface area contributed by atoms with Crippen molar-refractivity contribution in [2.75, 3.05) is 7.11 Å². The number of methoxy groups -OCH3 is 1. The van der Waals surface area contributed by atoms with Gasteiger partial charge in [-0.15, -0.1) is 0 Å². The molecule has 0 unspecified atom stereocenters. The van der Waals surface area contributed by atoms with Crippen molar-refractivity contribution in [2.24, 2.45) is 0 Å². The van der Waals surface area contributed by atoms with E-state index in [4.69, 9.17) is 0 Å². The summed E-state index contributed by atoms with van der Waals surface area (Å²) in [5.41, 5.74) is 1.70. The summed E-state index contributed by atoms with van der Waals surface area (Å²) in [7, 11) is 1.29. The number of nitrogens with one attached hydrogen (secondary N) is 1. The van der Waals surface area contributed by atoms with Crippen molar-refractivity contribution < 1.29 is 14.6 Å². The Hall–Kier alpha value is -2.30. The molecule has 1 aromatic carbocycles. The fourth-order valence-corrected chi connectivity index (χ4v) is 1.42. The van der Waals surface area contributed by atoms with Gasteiger partial charge in [0.15, 0.2) is 0 Å². The number of benzene rings is 1. The molecule has 5 heteroatoms. The Kier molecular flexibility index (Phi) is 2.59. The normalized spacial score (nSPS) is 10.1. The predicted molar refractivity (Wildman–Crippen MR) is 57.0 cm³/mol. The second-order valence-corrected chi connectivity index (χ2v) is 3.23. The number of phenols is 1. The first-order valence-corrected chi connectivity index (χ1v) is 4.63. The van der Waals surface area contributed by atoms with Gasteiger partial charge in [0.25, 0.3) is 0 Å². The number of phenolic OH excluding ortho intramolecular Hbond substituents is 1. The number of aromatic hydroxyl groups is 1. The molecule has 2 rings (SSSR count). The first-order valence-electron chi connectivity index (χ1n) is 4.63. The van der Waals surface area contributed by atoms with Gasteiger partial charge in [-0.05, 0) is 24.3 Å². The SMILES string of the molecule is COC(=O)c1cc(O)cc(-c2ccn[nH]2)c1. The van der Waals surface area contributed by atoms with E-state index in [9.17, 15) is 9.90 Å². The second kappa shape index (κ2) is 4.06. The van der Waals surface area contributed by atoms with E-state index < -0.39 is 5.97 Å². The molecule has 0 aliphatic rings. The van der Waals surface area contributed by atoms with Crippen LogP contribution in [0.15, 0.2) is 30.5 Å². The van der Waals surface area contributed by atoms with Gasteiger partial charge in [-0.25, -0.2) is 4.79 Å². The molecule has 0 radical (unpaired) electrons. The highest BCUT2D eigenvalue weighted by Gasteiger charge is 2.10. The van der Waals surface area contributed by atoms with Gasteiger partial charge in [-0.3, -0.25) is 5.10 Å². The zero-order chi connectivity index (χ0) is 11.5. The number of aromatic nitrogens is 2. The summed E-state index contributed by atoms with van der Waals surface area (Å²) in [5.74, 6) is -0.482. The van der Waals surface area contributed by atoms with Gasteiger partial charge in [-0.2, -0.15) is 5.10 Å². The number of rotatable bonds is 2. The van der Waals surface area contributed by atoms with Crippen LogP contribution in [-0.2, 0) is 4.74 Å². The number of H-pyrrole nitrogens is 1. The lowest BCUT2D eigenvalue weighted by Gasteiger charge is -2.03. The maximum absolute atomic E-state index is 11.3. The van der Waals surface area contributed by atoms with E-state index in [2.05, 4.69) is 14.9 Å². The van der Waals surface area contributed by atoms with Crippen molar-refractivity contribution >= 4 is 5.97 Å². The van der Waals surface area contributed by atoms with Gasteiger partial charge >= 0.3 is 5.97 Å². The molecule has 2 aromatic rings. The molecule has 0 atom stereocenters. The lowest BCUT2D eigenvalue weighted by Crippen LogP contribution is -2.01. The molecule has 1 heterocycles. The van der Waals surface area contributed by atoms with Gasteiger partial charge in [0.1, 0.15) is 5.75 Å². The van der Waals surface area contributed by atoms with E-state index in [-0.39, 0.29) is 5.75 Å². The summed E-state index contributed by atoms with van der Waals surface area (Å²) >= 11 is 0. The van der Waals surface area contributed by atoms with E-state index in [0.717, 1.165) is 5.69 Å². The van der Waals surface area contributed by atoms with Gasteiger partial charge in [-0.1, -0.05) is 0 Å². The summed E-state index contributed by atoms with van der Waals surface area (Å²) < 4.78 is 4.59. The van der Waals surface area contributed by atoms with Crippen LogP contribution in [0.3, 0.4) is 0 Å². The Morgan fingerprint density at radius 2 is 2.25 bits per heavy atom. The highest BCUT2D eigenvalue weighted by atomic mass is 16.5. The van der Waals surface area contributed by atoms with E-state index >= 15 is 0 Å². The molecule has 5 nitrogen and oxygen atoms in total. The number of hydrogen-bond donors (Lipinski definition) is 2. The Morgan fingerprint density at radius 3 is 2.88 bits per heavy atom.